The van der Waals surface area contributed by atoms with Gasteiger partial charge in [0.05, 0.1) is 0 Å². The van der Waals surface area contributed by atoms with Gasteiger partial charge >= 0.3 is 0 Å². The number of nitrogens with zero attached hydrogens (tertiary/aromatic N) is 1. The fraction of sp³-hybridized carbons (Fsp3) is 0.316. The summed E-state index contributed by atoms with van der Waals surface area (Å²) in [5.74, 6) is -0.287. The highest BCUT2D eigenvalue weighted by Crippen LogP contribution is 2.12. The lowest BCUT2D eigenvalue weighted by Gasteiger charge is -2.17. The van der Waals surface area contributed by atoms with E-state index in [1.807, 2.05) is 37.4 Å². The summed E-state index contributed by atoms with van der Waals surface area (Å²) >= 11 is 0. The molecule has 4 nitrogen and oxygen atoms in total. The maximum atomic E-state index is 12.9. The summed E-state index contributed by atoms with van der Waals surface area (Å²) in [7, 11) is 1.96. The molecule has 128 valence electrons. The average Bonchev–Trinajstić information content (AvgIpc) is 2.57. The Morgan fingerprint density at radius 3 is 2.50 bits per heavy atom. The van der Waals surface area contributed by atoms with Crippen molar-refractivity contribution in [2.45, 2.75) is 19.0 Å². The minimum absolute atomic E-state index is 0.0541. The zero-order chi connectivity index (χ0) is 17.4. The van der Waals surface area contributed by atoms with Crippen LogP contribution in [0.15, 0.2) is 54.6 Å². The molecular formula is C19H24FN3O. The number of hydrogen-bond acceptors (Lipinski definition) is 3. The third-order valence-electron chi connectivity index (χ3n) is 3.81. The van der Waals surface area contributed by atoms with Crippen molar-refractivity contribution in [1.82, 2.24) is 10.2 Å². The Labute approximate surface area is 142 Å². The van der Waals surface area contributed by atoms with Crippen LogP contribution in [0, 0.1) is 5.82 Å². The van der Waals surface area contributed by atoms with Crippen LogP contribution in [-0.2, 0) is 11.3 Å². The molecule has 0 aromatic heterocycles. The predicted molar refractivity (Wildman–Crippen MR) is 93.7 cm³/mol. The molecule has 3 N–H and O–H groups in total. The number of rotatable bonds is 8. The molecule has 0 aliphatic rings. The Morgan fingerprint density at radius 1 is 1.17 bits per heavy atom. The smallest absolute Gasteiger partial charge is 0.221 e. The molecule has 2 aromatic carbocycles. The maximum Gasteiger partial charge on any atom is 0.221 e. The molecule has 0 saturated heterocycles. The number of benzene rings is 2. The molecule has 2 aromatic rings. The summed E-state index contributed by atoms with van der Waals surface area (Å²) in [6.07, 6.45) is 0.270. The molecule has 0 aliphatic heterocycles. The minimum Gasteiger partial charge on any atom is -0.355 e. The van der Waals surface area contributed by atoms with E-state index in [9.17, 15) is 9.18 Å². The maximum absolute atomic E-state index is 12.9. The average molecular weight is 329 g/mol. The molecule has 0 spiro atoms. The van der Waals surface area contributed by atoms with Crippen LogP contribution in [0.1, 0.15) is 23.6 Å². The van der Waals surface area contributed by atoms with E-state index in [4.69, 9.17) is 5.73 Å². The number of hydrogen-bond donors (Lipinski definition) is 2. The summed E-state index contributed by atoms with van der Waals surface area (Å²) < 4.78 is 12.9. The van der Waals surface area contributed by atoms with Crippen molar-refractivity contribution in [3.8, 4) is 0 Å². The minimum atomic E-state index is -0.289. The quantitative estimate of drug-likeness (QED) is 0.782. The van der Waals surface area contributed by atoms with Crippen LogP contribution < -0.4 is 11.1 Å². The fourth-order valence-electron chi connectivity index (χ4n) is 2.46. The number of nitrogens with two attached hydrogens (primary N) is 1. The Hall–Kier alpha value is -2.24. The van der Waals surface area contributed by atoms with Crippen LogP contribution >= 0.6 is 0 Å². The third-order valence-corrected chi connectivity index (χ3v) is 3.81. The van der Waals surface area contributed by atoms with Crippen molar-refractivity contribution in [3.05, 3.63) is 71.5 Å². The number of nitrogens with one attached hydrogen (secondary N) is 1. The number of carbonyl (C=O) groups is 1. The van der Waals surface area contributed by atoms with Gasteiger partial charge < -0.3 is 16.0 Å². The first-order valence-corrected chi connectivity index (χ1v) is 8.05. The summed E-state index contributed by atoms with van der Waals surface area (Å²) in [4.78, 5) is 14.0. The molecule has 24 heavy (non-hydrogen) atoms. The number of halogens is 1. The fourth-order valence-corrected chi connectivity index (χ4v) is 2.46. The summed E-state index contributed by atoms with van der Waals surface area (Å²) in [6, 6.07) is 15.8. The van der Waals surface area contributed by atoms with E-state index in [2.05, 4.69) is 10.2 Å². The van der Waals surface area contributed by atoms with Gasteiger partial charge in [0, 0.05) is 32.1 Å². The van der Waals surface area contributed by atoms with Gasteiger partial charge in [0.1, 0.15) is 5.82 Å². The summed E-state index contributed by atoms with van der Waals surface area (Å²) in [5, 5.41) is 2.89. The Bertz CT molecular complexity index is 631. The van der Waals surface area contributed by atoms with Crippen molar-refractivity contribution in [3.63, 3.8) is 0 Å². The lowest BCUT2D eigenvalue weighted by Crippen LogP contribution is -2.34. The number of carbonyl (C=O) groups excluding carboxylic acids is 1. The van der Waals surface area contributed by atoms with Gasteiger partial charge in [0.2, 0.25) is 5.91 Å². The van der Waals surface area contributed by atoms with Crippen LogP contribution in [-0.4, -0.2) is 30.9 Å². The molecular weight excluding hydrogens is 305 g/mol. The second-order valence-electron chi connectivity index (χ2n) is 5.94. The molecule has 1 amide bonds. The lowest BCUT2D eigenvalue weighted by molar-refractivity contribution is -0.121. The van der Waals surface area contributed by atoms with Gasteiger partial charge in [-0.25, -0.2) is 4.39 Å². The highest BCUT2D eigenvalue weighted by molar-refractivity contribution is 5.76. The van der Waals surface area contributed by atoms with Gasteiger partial charge in [-0.15, -0.1) is 0 Å². The Balaban J connectivity index is 1.67. The van der Waals surface area contributed by atoms with Gasteiger partial charge in [-0.05, 0) is 30.3 Å². The number of likely N-dealkylation sites (N-methyl/N-ethyl adjacent to an activating group) is 1. The molecule has 0 heterocycles. The van der Waals surface area contributed by atoms with Crippen molar-refractivity contribution in [2.24, 2.45) is 5.73 Å². The molecule has 0 saturated carbocycles. The monoisotopic (exact) mass is 329 g/mol. The molecule has 1 unspecified atom stereocenters. The van der Waals surface area contributed by atoms with Gasteiger partial charge in [0.15, 0.2) is 0 Å². The van der Waals surface area contributed by atoms with Crippen LogP contribution in [0.5, 0.6) is 0 Å². The van der Waals surface area contributed by atoms with E-state index in [0.717, 1.165) is 11.1 Å². The zero-order valence-corrected chi connectivity index (χ0v) is 13.9. The van der Waals surface area contributed by atoms with Gasteiger partial charge in [-0.1, -0.05) is 42.5 Å². The van der Waals surface area contributed by atoms with E-state index in [1.54, 1.807) is 12.1 Å². The second kappa shape index (κ2) is 9.15. The predicted octanol–water partition coefficient (Wildman–Crippen LogP) is 2.46. The molecule has 1 atom stereocenters. The van der Waals surface area contributed by atoms with Gasteiger partial charge in [-0.3, -0.25) is 4.79 Å². The summed E-state index contributed by atoms with van der Waals surface area (Å²) in [6.45, 7) is 1.97. The molecule has 0 fully saturated rings. The van der Waals surface area contributed by atoms with Crippen molar-refractivity contribution < 1.29 is 9.18 Å². The molecule has 0 bridgehead atoms. The first-order valence-electron chi connectivity index (χ1n) is 8.05. The van der Waals surface area contributed by atoms with Crippen LogP contribution in [0.3, 0.4) is 0 Å². The normalized spacial score (nSPS) is 12.2. The van der Waals surface area contributed by atoms with E-state index in [0.29, 0.717) is 19.6 Å². The molecule has 5 heteroatoms. The van der Waals surface area contributed by atoms with E-state index < -0.39 is 0 Å². The number of amides is 1. The molecule has 2 rings (SSSR count). The van der Waals surface area contributed by atoms with Crippen LogP contribution in [0.2, 0.25) is 0 Å². The lowest BCUT2D eigenvalue weighted by atomic mass is 10.0. The standard InChI is InChI=1S/C19H24FN3O/c1-23(14-15-7-9-17(20)10-8-15)12-11-22-19(24)13-18(21)16-5-3-2-4-6-16/h2-10,18H,11-14,21H2,1H3,(H,22,24). The largest absolute Gasteiger partial charge is 0.355 e. The highest BCUT2D eigenvalue weighted by atomic mass is 19.1. The Kier molecular flexibility index (Phi) is 6.90. The Morgan fingerprint density at radius 2 is 1.83 bits per heavy atom. The van der Waals surface area contributed by atoms with Crippen molar-refractivity contribution in [1.29, 1.82) is 0 Å². The highest BCUT2D eigenvalue weighted by Gasteiger charge is 2.11. The van der Waals surface area contributed by atoms with E-state index in [-0.39, 0.29) is 24.2 Å². The SMILES string of the molecule is CN(CCNC(=O)CC(N)c1ccccc1)Cc1ccc(F)cc1. The van der Waals surface area contributed by atoms with Crippen molar-refractivity contribution in [2.75, 3.05) is 20.1 Å². The zero-order valence-electron chi connectivity index (χ0n) is 13.9. The van der Waals surface area contributed by atoms with E-state index >= 15 is 0 Å². The summed E-state index contributed by atoms with van der Waals surface area (Å²) in [5.41, 5.74) is 8.04. The first-order chi connectivity index (χ1) is 11.5. The van der Waals surface area contributed by atoms with Gasteiger partial charge in [0.25, 0.3) is 0 Å². The first kappa shape index (κ1) is 18.1. The van der Waals surface area contributed by atoms with E-state index in [1.165, 1.54) is 12.1 Å². The molecule has 0 radical (unpaired) electrons. The van der Waals surface area contributed by atoms with Crippen LogP contribution in [0.25, 0.3) is 0 Å². The second-order valence-corrected chi connectivity index (χ2v) is 5.94. The molecule has 0 aliphatic carbocycles. The topological polar surface area (TPSA) is 58.4 Å². The van der Waals surface area contributed by atoms with Crippen molar-refractivity contribution >= 4 is 5.91 Å². The van der Waals surface area contributed by atoms with Crippen LogP contribution in [0.4, 0.5) is 4.39 Å². The third kappa shape index (κ3) is 6.10. The van der Waals surface area contributed by atoms with Gasteiger partial charge in [-0.2, -0.15) is 0 Å².